The number of aromatic hydroxyl groups is 1. The maximum Gasteiger partial charge on any atom is 0.277 e. The van der Waals surface area contributed by atoms with Crippen molar-refractivity contribution in [2.75, 3.05) is 13.7 Å². The van der Waals surface area contributed by atoms with Crippen LogP contribution in [0.15, 0.2) is 47.6 Å². The van der Waals surface area contributed by atoms with Crippen molar-refractivity contribution in [3.8, 4) is 17.2 Å². The van der Waals surface area contributed by atoms with Crippen molar-refractivity contribution < 1.29 is 19.4 Å². The van der Waals surface area contributed by atoms with Crippen LogP contribution < -0.4 is 14.9 Å². The molecule has 2 N–H and O–H groups in total. The molecule has 1 unspecified atom stereocenters. The SMILES string of the molecule is CCC(C)c1ccc(OCC(=O)NN=Cc2ccc(OC)c(O)c2)cc1. The highest BCUT2D eigenvalue weighted by Gasteiger charge is 2.05. The molecule has 0 aliphatic rings. The average molecular weight is 356 g/mol. The van der Waals surface area contributed by atoms with E-state index in [2.05, 4.69) is 24.4 Å². The number of ether oxygens (including phenoxy) is 2. The van der Waals surface area contributed by atoms with Gasteiger partial charge < -0.3 is 14.6 Å². The summed E-state index contributed by atoms with van der Waals surface area (Å²) in [5.74, 6) is 1.14. The van der Waals surface area contributed by atoms with Gasteiger partial charge in [-0.2, -0.15) is 5.10 Å². The smallest absolute Gasteiger partial charge is 0.277 e. The number of rotatable bonds is 8. The quantitative estimate of drug-likeness (QED) is 0.561. The minimum absolute atomic E-state index is 0.00643. The van der Waals surface area contributed by atoms with Crippen LogP contribution in [0.4, 0.5) is 0 Å². The highest BCUT2D eigenvalue weighted by atomic mass is 16.5. The minimum atomic E-state index is -0.370. The predicted molar refractivity (Wildman–Crippen MR) is 101 cm³/mol. The molecule has 26 heavy (non-hydrogen) atoms. The number of hydrogen-bond donors (Lipinski definition) is 2. The van der Waals surface area contributed by atoms with Crippen molar-refractivity contribution in [1.29, 1.82) is 0 Å². The number of carbonyl (C=O) groups is 1. The Kier molecular flexibility index (Phi) is 7.02. The van der Waals surface area contributed by atoms with Crippen molar-refractivity contribution in [2.45, 2.75) is 26.2 Å². The van der Waals surface area contributed by atoms with E-state index >= 15 is 0 Å². The second kappa shape index (κ2) is 9.46. The molecular formula is C20H24N2O4. The monoisotopic (exact) mass is 356 g/mol. The topological polar surface area (TPSA) is 80.2 Å². The van der Waals surface area contributed by atoms with Crippen molar-refractivity contribution in [2.24, 2.45) is 5.10 Å². The Hall–Kier alpha value is -3.02. The Morgan fingerprint density at radius 3 is 2.62 bits per heavy atom. The molecule has 0 saturated heterocycles. The van der Waals surface area contributed by atoms with Crippen LogP contribution in [0.5, 0.6) is 17.2 Å². The molecule has 0 aliphatic carbocycles. The van der Waals surface area contributed by atoms with Gasteiger partial charge in [0.1, 0.15) is 5.75 Å². The lowest BCUT2D eigenvalue weighted by molar-refractivity contribution is -0.123. The van der Waals surface area contributed by atoms with Crippen LogP contribution >= 0.6 is 0 Å². The van der Waals surface area contributed by atoms with Gasteiger partial charge in [-0.3, -0.25) is 4.79 Å². The van der Waals surface area contributed by atoms with E-state index in [0.29, 0.717) is 23.0 Å². The first-order chi connectivity index (χ1) is 12.5. The largest absolute Gasteiger partial charge is 0.504 e. The molecule has 2 rings (SSSR count). The van der Waals surface area contributed by atoms with Crippen LogP contribution in [-0.2, 0) is 4.79 Å². The van der Waals surface area contributed by atoms with Crippen molar-refractivity contribution in [3.63, 3.8) is 0 Å². The predicted octanol–water partition coefficient (Wildman–Crippen LogP) is 3.44. The summed E-state index contributed by atoms with van der Waals surface area (Å²) in [5.41, 5.74) is 4.26. The Balaban J connectivity index is 1.80. The van der Waals surface area contributed by atoms with Gasteiger partial charge in [0.05, 0.1) is 13.3 Å². The zero-order chi connectivity index (χ0) is 18.9. The van der Waals surface area contributed by atoms with Crippen LogP contribution in [0.2, 0.25) is 0 Å². The maximum absolute atomic E-state index is 11.8. The average Bonchev–Trinajstić information content (AvgIpc) is 2.66. The van der Waals surface area contributed by atoms with Crippen LogP contribution in [0, 0.1) is 0 Å². The molecule has 6 nitrogen and oxygen atoms in total. The van der Waals surface area contributed by atoms with Crippen molar-refractivity contribution in [1.82, 2.24) is 5.43 Å². The van der Waals surface area contributed by atoms with E-state index in [9.17, 15) is 9.90 Å². The maximum atomic E-state index is 11.8. The highest BCUT2D eigenvalue weighted by molar-refractivity contribution is 5.83. The van der Waals surface area contributed by atoms with Gasteiger partial charge in [0, 0.05) is 0 Å². The Morgan fingerprint density at radius 2 is 2.00 bits per heavy atom. The fourth-order valence-corrected chi connectivity index (χ4v) is 2.28. The lowest BCUT2D eigenvalue weighted by atomic mass is 9.99. The van der Waals surface area contributed by atoms with Crippen molar-refractivity contribution >= 4 is 12.1 Å². The molecule has 1 atom stereocenters. The number of methoxy groups -OCH3 is 1. The molecule has 0 bridgehead atoms. The summed E-state index contributed by atoms with van der Waals surface area (Å²) in [6.07, 6.45) is 2.50. The lowest BCUT2D eigenvalue weighted by Gasteiger charge is -2.10. The molecule has 0 aromatic heterocycles. The van der Waals surface area contributed by atoms with Gasteiger partial charge in [0.2, 0.25) is 0 Å². The van der Waals surface area contributed by atoms with E-state index in [-0.39, 0.29) is 18.3 Å². The van der Waals surface area contributed by atoms with E-state index in [1.807, 2.05) is 24.3 Å². The second-order valence-electron chi connectivity index (χ2n) is 5.89. The Labute approximate surface area is 153 Å². The normalized spacial score (nSPS) is 12.0. The summed E-state index contributed by atoms with van der Waals surface area (Å²) in [6.45, 7) is 4.19. The van der Waals surface area contributed by atoms with Gasteiger partial charge in [-0.1, -0.05) is 26.0 Å². The third-order valence-electron chi connectivity index (χ3n) is 4.04. The summed E-state index contributed by atoms with van der Waals surface area (Å²) in [7, 11) is 1.47. The van der Waals surface area contributed by atoms with E-state index in [1.165, 1.54) is 25.0 Å². The summed E-state index contributed by atoms with van der Waals surface area (Å²) in [6, 6.07) is 12.6. The van der Waals surface area contributed by atoms with Gasteiger partial charge in [-0.05, 0) is 53.8 Å². The number of phenols is 1. The number of hydrogen-bond acceptors (Lipinski definition) is 5. The summed E-state index contributed by atoms with van der Waals surface area (Å²) in [5, 5.41) is 13.5. The van der Waals surface area contributed by atoms with Crippen LogP contribution in [0.3, 0.4) is 0 Å². The highest BCUT2D eigenvalue weighted by Crippen LogP contribution is 2.25. The second-order valence-corrected chi connectivity index (χ2v) is 5.89. The number of hydrazone groups is 1. The van der Waals surface area contributed by atoms with E-state index in [4.69, 9.17) is 9.47 Å². The summed E-state index contributed by atoms with van der Waals surface area (Å²) >= 11 is 0. The van der Waals surface area contributed by atoms with Crippen LogP contribution in [0.1, 0.15) is 37.3 Å². The minimum Gasteiger partial charge on any atom is -0.504 e. The van der Waals surface area contributed by atoms with E-state index < -0.39 is 0 Å². The van der Waals surface area contributed by atoms with Crippen LogP contribution in [-0.4, -0.2) is 30.9 Å². The third kappa shape index (κ3) is 5.51. The number of benzene rings is 2. The Bertz CT molecular complexity index is 757. The number of amides is 1. The fraction of sp³-hybridized carbons (Fsp3) is 0.300. The molecule has 0 fully saturated rings. The zero-order valence-corrected chi connectivity index (χ0v) is 15.2. The number of phenolic OH excluding ortho intramolecular Hbond substituents is 1. The van der Waals surface area contributed by atoms with Gasteiger partial charge >= 0.3 is 0 Å². The molecular weight excluding hydrogens is 332 g/mol. The van der Waals surface area contributed by atoms with Crippen LogP contribution in [0.25, 0.3) is 0 Å². The van der Waals surface area contributed by atoms with Gasteiger partial charge in [-0.15, -0.1) is 0 Å². The van der Waals surface area contributed by atoms with Crippen molar-refractivity contribution in [3.05, 3.63) is 53.6 Å². The first-order valence-corrected chi connectivity index (χ1v) is 8.45. The molecule has 138 valence electrons. The van der Waals surface area contributed by atoms with Gasteiger partial charge in [0.25, 0.3) is 5.91 Å². The molecule has 0 heterocycles. The van der Waals surface area contributed by atoms with Gasteiger partial charge in [-0.25, -0.2) is 5.43 Å². The molecule has 2 aromatic carbocycles. The summed E-state index contributed by atoms with van der Waals surface area (Å²) < 4.78 is 10.4. The molecule has 1 amide bonds. The molecule has 2 aromatic rings. The lowest BCUT2D eigenvalue weighted by Crippen LogP contribution is -2.24. The molecule has 0 saturated carbocycles. The Morgan fingerprint density at radius 1 is 1.27 bits per heavy atom. The van der Waals surface area contributed by atoms with Gasteiger partial charge in [0.15, 0.2) is 18.1 Å². The molecule has 0 aliphatic heterocycles. The summed E-state index contributed by atoms with van der Waals surface area (Å²) in [4.78, 5) is 11.8. The number of nitrogens with zero attached hydrogens (tertiary/aromatic N) is 1. The first kappa shape index (κ1) is 19.3. The number of nitrogens with one attached hydrogen (secondary N) is 1. The third-order valence-corrected chi connectivity index (χ3v) is 4.04. The molecule has 0 spiro atoms. The van der Waals surface area contributed by atoms with E-state index in [1.54, 1.807) is 12.1 Å². The zero-order valence-electron chi connectivity index (χ0n) is 15.2. The molecule has 0 radical (unpaired) electrons. The molecule has 6 heteroatoms. The fourth-order valence-electron chi connectivity index (χ4n) is 2.28. The van der Waals surface area contributed by atoms with E-state index in [0.717, 1.165) is 6.42 Å². The number of carbonyl (C=O) groups excluding carboxylic acids is 1. The first-order valence-electron chi connectivity index (χ1n) is 8.45. The standard InChI is InChI=1S/C20H24N2O4/c1-4-14(2)16-6-8-17(9-7-16)26-13-20(24)22-21-12-15-5-10-19(25-3)18(23)11-15/h5-12,14,23H,4,13H2,1-3H3,(H,22,24).